The van der Waals surface area contributed by atoms with E-state index >= 15 is 0 Å². The van der Waals surface area contributed by atoms with Gasteiger partial charge in [0, 0.05) is 52.0 Å². The predicted octanol–water partition coefficient (Wildman–Crippen LogP) is 4.02. The number of carboxylic acids is 3. The molecule has 261 valence electrons. The van der Waals surface area contributed by atoms with E-state index in [-0.39, 0.29) is 71.2 Å². The molecule has 0 bridgehead atoms. The van der Waals surface area contributed by atoms with Gasteiger partial charge in [-0.3, -0.25) is 25.5 Å². The molecule has 0 aliphatic rings. The van der Waals surface area contributed by atoms with Crippen molar-refractivity contribution in [2.75, 3.05) is 6.54 Å². The van der Waals surface area contributed by atoms with Crippen molar-refractivity contribution in [3.05, 3.63) is 0 Å². The minimum Gasteiger partial charge on any atom is -0.542 e. The summed E-state index contributed by atoms with van der Waals surface area (Å²) in [6, 6.07) is -2.54. The molecule has 3 amide bonds. The summed E-state index contributed by atoms with van der Waals surface area (Å²) in [4.78, 5) is 79.5. The zero-order chi connectivity index (χ0) is 33.7. The van der Waals surface area contributed by atoms with E-state index in [2.05, 4.69) is 16.0 Å². The molecule has 13 nitrogen and oxygen atoms in total. The molecule has 0 aliphatic carbocycles. The Labute approximate surface area is 298 Å². The number of amides is 3. The molecule has 0 spiro atoms. The third-order valence-corrected chi connectivity index (χ3v) is 7.45. The fourth-order valence-corrected chi connectivity index (χ4v) is 4.81. The Kier molecular flexibility index (Phi) is 31.0. The second-order valence-electron chi connectivity index (χ2n) is 11.5. The second-order valence-corrected chi connectivity index (χ2v) is 11.5. The quantitative estimate of drug-likeness (QED) is 0.0445. The number of unbranched alkanes of at least 4 members (excludes halogenated alkanes) is 15. The van der Waals surface area contributed by atoms with Crippen LogP contribution < -0.4 is 16.0 Å². The van der Waals surface area contributed by atoms with Gasteiger partial charge in [0.05, 0.1) is 6.54 Å². The molecule has 6 N–H and O–H groups in total. The van der Waals surface area contributed by atoms with Gasteiger partial charge in [-0.25, -0.2) is 9.59 Å². The zero-order valence-corrected chi connectivity index (χ0v) is 30.0. The van der Waals surface area contributed by atoms with Crippen LogP contribution in [0.2, 0.25) is 0 Å². The molecular weight excluding hydrogens is 675 g/mol. The average Bonchev–Trinajstić information content (AvgIpc) is 2.99. The molecule has 0 saturated carbocycles. The first-order valence-corrected chi connectivity index (χ1v) is 16.4. The van der Waals surface area contributed by atoms with E-state index < -0.39 is 54.3 Å². The van der Waals surface area contributed by atoms with Gasteiger partial charge in [-0.05, 0) is 25.7 Å². The molecular formula is C32H54N3O10Y-. The third-order valence-electron chi connectivity index (χ3n) is 7.45. The molecule has 0 aliphatic heterocycles. The van der Waals surface area contributed by atoms with E-state index in [4.69, 9.17) is 10.2 Å². The molecule has 0 aromatic rings. The smallest absolute Gasteiger partial charge is 0.326 e. The van der Waals surface area contributed by atoms with Gasteiger partial charge in [-0.1, -0.05) is 89.9 Å². The van der Waals surface area contributed by atoms with E-state index in [1.807, 2.05) is 0 Å². The normalized spacial score (nSPS) is 11.8. The van der Waals surface area contributed by atoms with Crippen LogP contribution in [0.15, 0.2) is 0 Å². The molecule has 0 aromatic heterocycles. The number of nitrogens with one attached hydrogen (secondary N) is 3. The van der Waals surface area contributed by atoms with Gasteiger partial charge < -0.3 is 36.1 Å². The third kappa shape index (κ3) is 29.0. The summed E-state index contributed by atoms with van der Waals surface area (Å²) < 4.78 is 0. The first-order chi connectivity index (χ1) is 21.6. The van der Waals surface area contributed by atoms with Crippen LogP contribution in [0.3, 0.4) is 0 Å². The average molecular weight is 730 g/mol. The maximum atomic E-state index is 12.2. The zero-order valence-electron chi connectivity index (χ0n) is 27.2. The maximum absolute atomic E-state index is 12.2. The molecule has 46 heavy (non-hydrogen) atoms. The molecule has 0 heterocycles. The summed E-state index contributed by atoms with van der Waals surface area (Å²) >= 11 is 0. The minimum atomic E-state index is -1.32. The molecule has 1 radical (unpaired) electrons. The van der Waals surface area contributed by atoms with E-state index in [1.165, 1.54) is 51.4 Å². The number of hydrogen-bond acceptors (Lipinski definition) is 7. The number of carbonyl (C=O) groups excluding carboxylic acids is 4. The van der Waals surface area contributed by atoms with Crippen molar-refractivity contribution in [2.45, 2.75) is 153 Å². The molecule has 14 heteroatoms. The van der Waals surface area contributed by atoms with Gasteiger partial charge >= 0.3 is 17.9 Å². The molecule has 2 atom stereocenters. The summed E-state index contributed by atoms with van der Waals surface area (Å²) in [5, 5.41) is 34.0. The van der Waals surface area contributed by atoms with Crippen molar-refractivity contribution in [1.29, 1.82) is 0 Å². The summed E-state index contributed by atoms with van der Waals surface area (Å²) in [6.45, 7) is -0.515. The van der Waals surface area contributed by atoms with Gasteiger partial charge in [-0.2, -0.15) is 0 Å². The van der Waals surface area contributed by atoms with Crippen molar-refractivity contribution in [3.8, 4) is 0 Å². The number of carbonyl (C=O) groups is 6. The van der Waals surface area contributed by atoms with Gasteiger partial charge in [0.2, 0.25) is 17.7 Å². The standard InChI is InChI=1S/C32H54N3O10.Y/c36-23-17-18-25(31(42)43)35-29(39)24-33-27(37)22-21-26(32(44)45)34-28(38)19-15-13-11-9-7-5-3-1-2-4-6-8-10-12-14-16-20-30(40)41;/h25-26H,1-22,24H2,(H,33,37)(H,34,38)(H,35,39)(H,40,41)(H,42,43)(H,44,45);/q-1;. The number of aliphatic carboxylic acids is 3. The Bertz CT molecular complexity index is 903. The van der Waals surface area contributed by atoms with Crippen LogP contribution in [0, 0.1) is 0 Å². The van der Waals surface area contributed by atoms with Gasteiger partial charge in [-0.15, -0.1) is 6.42 Å². The van der Waals surface area contributed by atoms with Crippen LogP contribution in [0.25, 0.3) is 0 Å². The van der Waals surface area contributed by atoms with E-state index in [9.17, 15) is 38.7 Å². The van der Waals surface area contributed by atoms with Crippen LogP contribution in [-0.2, 0) is 66.3 Å². The van der Waals surface area contributed by atoms with Crippen LogP contribution in [0.4, 0.5) is 0 Å². The fraction of sp³-hybridized carbons (Fsp3) is 0.781. The number of hydrogen-bond donors (Lipinski definition) is 6. The second kappa shape index (κ2) is 31.2. The van der Waals surface area contributed by atoms with Crippen molar-refractivity contribution >= 4 is 41.9 Å². The van der Waals surface area contributed by atoms with E-state index in [1.54, 1.807) is 6.29 Å². The summed E-state index contributed by atoms with van der Waals surface area (Å²) in [5.41, 5.74) is 0. The Morgan fingerprint density at radius 3 is 1.30 bits per heavy atom. The fourth-order valence-electron chi connectivity index (χ4n) is 4.81. The SMILES string of the molecule is O=[C-]CCC(NC(=O)CNC(=O)CCC(NC(=O)CCCCCCCCCCCCCCCCCCC(=O)O)C(=O)O)C(=O)O.[Y]. The Morgan fingerprint density at radius 1 is 0.500 bits per heavy atom. The molecule has 2 unspecified atom stereocenters. The summed E-state index contributed by atoms with van der Waals surface area (Å²) in [6.07, 6.45) is 18.8. The first-order valence-electron chi connectivity index (χ1n) is 16.4. The predicted molar refractivity (Wildman–Crippen MR) is 167 cm³/mol. The van der Waals surface area contributed by atoms with Crippen molar-refractivity contribution in [2.24, 2.45) is 0 Å². The molecule has 0 rings (SSSR count). The Hall–Kier alpha value is -2.41. The van der Waals surface area contributed by atoms with Crippen molar-refractivity contribution < 1.29 is 81.6 Å². The topological polar surface area (TPSA) is 216 Å². The first kappa shape index (κ1) is 45.7. The van der Waals surface area contributed by atoms with Crippen LogP contribution in [-0.4, -0.2) is 75.9 Å². The van der Waals surface area contributed by atoms with Gasteiger partial charge in [0.15, 0.2) is 0 Å². The van der Waals surface area contributed by atoms with Crippen LogP contribution >= 0.6 is 0 Å². The summed E-state index contributed by atoms with van der Waals surface area (Å²) in [7, 11) is 0. The van der Waals surface area contributed by atoms with Crippen molar-refractivity contribution in [1.82, 2.24) is 16.0 Å². The molecule has 0 fully saturated rings. The van der Waals surface area contributed by atoms with Crippen LogP contribution in [0.1, 0.15) is 141 Å². The van der Waals surface area contributed by atoms with E-state index in [0.29, 0.717) is 6.42 Å². The minimum absolute atomic E-state index is 0. The maximum Gasteiger partial charge on any atom is 0.326 e. The Balaban J connectivity index is 0. The van der Waals surface area contributed by atoms with Crippen LogP contribution in [0.5, 0.6) is 0 Å². The summed E-state index contributed by atoms with van der Waals surface area (Å²) in [5.74, 6) is -5.10. The number of carboxylic acid groups (broad SMARTS) is 3. The van der Waals surface area contributed by atoms with E-state index in [0.717, 1.165) is 44.9 Å². The van der Waals surface area contributed by atoms with Gasteiger partial charge in [0.25, 0.3) is 0 Å². The monoisotopic (exact) mass is 729 g/mol. The largest absolute Gasteiger partial charge is 0.542 e. The molecule has 0 aromatic carbocycles. The Morgan fingerprint density at radius 2 is 0.891 bits per heavy atom. The van der Waals surface area contributed by atoms with Crippen molar-refractivity contribution in [3.63, 3.8) is 0 Å². The number of rotatable bonds is 31. The molecule has 0 saturated heterocycles. The van der Waals surface area contributed by atoms with Gasteiger partial charge in [0.1, 0.15) is 12.1 Å².